The first-order valence-corrected chi connectivity index (χ1v) is 5.52. The molecule has 3 aromatic rings. The van der Waals surface area contributed by atoms with Crippen molar-refractivity contribution in [2.75, 3.05) is 0 Å². The standard InChI is InChI=1S/C12H9ClN4/c1-17-6-4-9-10(8-3-2-5-14-7-8)15-12(13)16-11(9)17/h2-7H,1H3. The Morgan fingerprint density at radius 2 is 2.12 bits per heavy atom. The largest absolute Gasteiger partial charge is 0.335 e. The zero-order valence-electron chi connectivity index (χ0n) is 9.13. The highest BCUT2D eigenvalue weighted by Crippen LogP contribution is 2.26. The van der Waals surface area contributed by atoms with Gasteiger partial charge in [-0.15, -0.1) is 0 Å². The van der Waals surface area contributed by atoms with E-state index in [1.807, 2.05) is 36.0 Å². The maximum Gasteiger partial charge on any atom is 0.224 e. The van der Waals surface area contributed by atoms with Gasteiger partial charge in [0.1, 0.15) is 5.65 Å². The number of pyridine rings is 1. The van der Waals surface area contributed by atoms with Crippen LogP contribution in [-0.2, 0) is 7.05 Å². The van der Waals surface area contributed by atoms with Crippen molar-refractivity contribution < 1.29 is 0 Å². The van der Waals surface area contributed by atoms with Crippen molar-refractivity contribution in [1.29, 1.82) is 0 Å². The first-order chi connectivity index (χ1) is 8.25. The molecule has 0 amide bonds. The first-order valence-electron chi connectivity index (χ1n) is 5.14. The smallest absolute Gasteiger partial charge is 0.224 e. The van der Waals surface area contributed by atoms with Gasteiger partial charge in [-0.25, -0.2) is 4.98 Å². The molecule has 0 saturated heterocycles. The van der Waals surface area contributed by atoms with Gasteiger partial charge in [0.2, 0.25) is 5.28 Å². The fourth-order valence-corrected chi connectivity index (χ4v) is 2.00. The highest BCUT2D eigenvalue weighted by Gasteiger charge is 2.10. The topological polar surface area (TPSA) is 43.6 Å². The van der Waals surface area contributed by atoms with E-state index in [2.05, 4.69) is 15.0 Å². The minimum absolute atomic E-state index is 0.248. The molecule has 0 radical (unpaired) electrons. The molecule has 4 nitrogen and oxygen atoms in total. The van der Waals surface area contributed by atoms with Gasteiger partial charge in [-0.2, -0.15) is 4.98 Å². The van der Waals surface area contributed by atoms with Crippen LogP contribution >= 0.6 is 11.6 Å². The van der Waals surface area contributed by atoms with Crippen LogP contribution in [0.4, 0.5) is 0 Å². The molecule has 17 heavy (non-hydrogen) atoms. The van der Waals surface area contributed by atoms with Gasteiger partial charge in [-0.05, 0) is 29.8 Å². The van der Waals surface area contributed by atoms with E-state index in [1.165, 1.54) is 0 Å². The third kappa shape index (κ3) is 1.66. The number of halogens is 1. The number of hydrogen-bond donors (Lipinski definition) is 0. The molecule has 3 aromatic heterocycles. The van der Waals surface area contributed by atoms with Crippen LogP contribution in [0.2, 0.25) is 5.28 Å². The van der Waals surface area contributed by atoms with E-state index in [1.54, 1.807) is 12.4 Å². The van der Waals surface area contributed by atoms with Crippen LogP contribution in [0, 0.1) is 0 Å². The Morgan fingerprint density at radius 3 is 2.88 bits per heavy atom. The average Bonchev–Trinajstić information content (AvgIpc) is 2.72. The second kappa shape index (κ2) is 3.82. The van der Waals surface area contributed by atoms with Crippen molar-refractivity contribution in [3.8, 4) is 11.3 Å². The van der Waals surface area contributed by atoms with Crippen LogP contribution in [0.25, 0.3) is 22.3 Å². The van der Waals surface area contributed by atoms with Crippen molar-refractivity contribution >= 4 is 22.6 Å². The maximum absolute atomic E-state index is 5.95. The molecular formula is C12H9ClN4. The van der Waals surface area contributed by atoms with Crippen molar-refractivity contribution in [3.05, 3.63) is 42.1 Å². The summed E-state index contributed by atoms with van der Waals surface area (Å²) in [6.07, 6.45) is 5.44. The molecule has 0 unspecified atom stereocenters. The lowest BCUT2D eigenvalue weighted by atomic mass is 10.1. The van der Waals surface area contributed by atoms with Crippen LogP contribution in [0.5, 0.6) is 0 Å². The quantitative estimate of drug-likeness (QED) is 0.618. The summed E-state index contributed by atoms with van der Waals surface area (Å²) in [7, 11) is 1.93. The predicted octanol–water partition coefficient (Wildman–Crippen LogP) is 2.68. The summed E-state index contributed by atoms with van der Waals surface area (Å²) < 4.78 is 1.92. The van der Waals surface area contributed by atoms with E-state index in [0.717, 1.165) is 22.3 Å². The monoisotopic (exact) mass is 244 g/mol. The van der Waals surface area contributed by atoms with Gasteiger partial charge in [-0.3, -0.25) is 4.98 Å². The van der Waals surface area contributed by atoms with Crippen LogP contribution in [0.15, 0.2) is 36.8 Å². The van der Waals surface area contributed by atoms with Gasteiger partial charge in [0.15, 0.2) is 0 Å². The average molecular weight is 245 g/mol. The summed E-state index contributed by atoms with van der Waals surface area (Å²) in [5, 5.41) is 1.23. The summed E-state index contributed by atoms with van der Waals surface area (Å²) in [6.45, 7) is 0. The first kappa shape index (κ1) is 10.2. The SMILES string of the molecule is Cn1ccc2c(-c3cccnc3)nc(Cl)nc21. The van der Waals surface area contributed by atoms with Crippen molar-refractivity contribution in [3.63, 3.8) is 0 Å². The molecule has 0 aromatic carbocycles. The molecule has 0 fully saturated rings. The molecule has 3 rings (SSSR count). The maximum atomic E-state index is 5.95. The predicted molar refractivity (Wildman–Crippen MR) is 66.8 cm³/mol. The second-order valence-corrected chi connectivity index (χ2v) is 4.08. The highest BCUT2D eigenvalue weighted by atomic mass is 35.5. The lowest BCUT2D eigenvalue weighted by molar-refractivity contribution is 0.944. The number of aromatic nitrogens is 4. The third-order valence-electron chi connectivity index (χ3n) is 2.63. The van der Waals surface area contributed by atoms with E-state index in [-0.39, 0.29) is 5.28 Å². The molecule has 0 saturated carbocycles. The van der Waals surface area contributed by atoms with Crippen molar-refractivity contribution in [1.82, 2.24) is 19.5 Å². The molecule has 3 heterocycles. The Kier molecular flexibility index (Phi) is 2.30. The molecular weight excluding hydrogens is 236 g/mol. The van der Waals surface area contributed by atoms with Crippen LogP contribution in [0.3, 0.4) is 0 Å². The molecule has 5 heteroatoms. The summed E-state index contributed by atoms with van der Waals surface area (Å²) in [4.78, 5) is 12.6. The molecule has 0 spiro atoms. The minimum atomic E-state index is 0.248. The van der Waals surface area contributed by atoms with Crippen LogP contribution < -0.4 is 0 Å². The molecule has 0 N–H and O–H groups in total. The Hall–Kier alpha value is -1.94. The van der Waals surface area contributed by atoms with Crippen LogP contribution in [-0.4, -0.2) is 19.5 Å². The van der Waals surface area contributed by atoms with Gasteiger partial charge in [0, 0.05) is 36.6 Å². The molecule has 84 valence electrons. The summed E-state index contributed by atoms with van der Waals surface area (Å²) in [5.74, 6) is 0. The van der Waals surface area contributed by atoms with E-state index in [9.17, 15) is 0 Å². The highest BCUT2D eigenvalue weighted by molar-refractivity contribution is 6.28. The zero-order chi connectivity index (χ0) is 11.8. The van der Waals surface area contributed by atoms with Crippen LogP contribution in [0.1, 0.15) is 0 Å². The normalized spacial score (nSPS) is 10.9. The summed E-state index contributed by atoms with van der Waals surface area (Å²) >= 11 is 5.95. The van der Waals surface area contributed by atoms with Crippen molar-refractivity contribution in [2.45, 2.75) is 0 Å². The summed E-state index contributed by atoms with van der Waals surface area (Å²) in [6, 6.07) is 5.81. The fraction of sp³-hybridized carbons (Fsp3) is 0.0833. The molecule has 0 aliphatic carbocycles. The van der Waals surface area contributed by atoms with Gasteiger partial charge in [0.05, 0.1) is 5.69 Å². The Morgan fingerprint density at radius 1 is 1.24 bits per heavy atom. The van der Waals surface area contributed by atoms with E-state index in [0.29, 0.717) is 0 Å². The number of nitrogens with zero attached hydrogens (tertiary/aromatic N) is 4. The third-order valence-corrected chi connectivity index (χ3v) is 2.80. The number of rotatable bonds is 1. The Labute approximate surface area is 103 Å². The Balaban J connectivity index is 2.36. The molecule has 0 aliphatic heterocycles. The number of fused-ring (bicyclic) bond motifs is 1. The number of aryl methyl sites for hydroxylation is 1. The van der Waals surface area contributed by atoms with Gasteiger partial charge >= 0.3 is 0 Å². The van der Waals surface area contributed by atoms with E-state index >= 15 is 0 Å². The summed E-state index contributed by atoms with van der Waals surface area (Å²) in [5.41, 5.74) is 2.57. The Bertz CT molecular complexity index is 676. The van der Waals surface area contributed by atoms with Gasteiger partial charge < -0.3 is 4.57 Å². The molecule has 0 aliphatic rings. The second-order valence-electron chi connectivity index (χ2n) is 3.75. The lowest BCUT2D eigenvalue weighted by Gasteiger charge is -2.03. The lowest BCUT2D eigenvalue weighted by Crippen LogP contribution is -1.93. The fourth-order valence-electron chi connectivity index (χ4n) is 1.83. The van der Waals surface area contributed by atoms with E-state index < -0.39 is 0 Å². The van der Waals surface area contributed by atoms with Gasteiger partial charge in [-0.1, -0.05) is 0 Å². The molecule has 0 atom stereocenters. The number of hydrogen-bond acceptors (Lipinski definition) is 3. The van der Waals surface area contributed by atoms with Crippen molar-refractivity contribution in [2.24, 2.45) is 7.05 Å². The zero-order valence-corrected chi connectivity index (χ0v) is 9.89. The minimum Gasteiger partial charge on any atom is -0.335 e. The van der Waals surface area contributed by atoms with Gasteiger partial charge in [0.25, 0.3) is 0 Å². The van der Waals surface area contributed by atoms with E-state index in [4.69, 9.17) is 11.6 Å². The molecule has 0 bridgehead atoms.